The molecule has 0 bridgehead atoms. The Morgan fingerprint density at radius 2 is 1.57 bits per heavy atom. The summed E-state index contributed by atoms with van der Waals surface area (Å²) in [6, 6.07) is 33.3. The number of nitrogens with zero attached hydrogens (tertiary/aromatic N) is 3. The lowest BCUT2D eigenvalue weighted by Crippen LogP contribution is -2.28. The summed E-state index contributed by atoms with van der Waals surface area (Å²) in [4.78, 5) is 14.8. The molecule has 0 saturated heterocycles. The standard InChI is InChI=1S/C33H27Br2N3OS/c1-22-6-10-25(11-7-22)31-18-29(24-12-16-27(35)17-13-24)36-38(31)33(39)21-40-32-20-37(30-5-3-2-4-28(30)32)19-23-8-14-26(34)15-9-23/h2-17,20,31H,18-19,21H2,1H3/t31-/m1/s1. The first kappa shape index (κ1) is 27.1. The van der Waals surface area contributed by atoms with Crippen LogP contribution >= 0.6 is 43.6 Å². The molecule has 1 aromatic heterocycles. The average molecular weight is 673 g/mol. The van der Waals surface area contributed by atoms with Crippen LogP contribution in [-0.2, 0) is 11.3 Å². The van der Waals surface area contributed by atoms with E-state index >= 15 is 0 Å². The summed E-state index contributed by atoms with van der Waals surface area (Å²) in [5, 5.41) is 7.74. The number of amides is 1. The number of fused-ring (bicyclic) bond motifs is 1. The summed E-state index contributed by atoms with van der Waals surface area (Å²) in [5.41, 5.74) is 6.66. The van der Waals surface area contributed by atoms with Crippen LogP contribution in [0.2, 0.25) is 0 Å². The minimum absolute atomic E-state index is 0.00688. The number of carbonyl (C=O) groups is 1. The number of aromatic nitrogens is 1. The first-order valence-corrected chi connectivity index (χ1v) is 15.7. The van der Waals surface area contributed by atoms with Crippen molar-refractivity contribution in [3.63, 3.8) is 0 Å². The molecule has 0 unspecified atom stereocenters. The van der Waals surface area contributed by atoms with E-state index in [1.165, 1.54) is 11.1 Å². The van der Waals surface area contributed by atoms with Gasteiger partial charge in [-0.05, 0) is 53.9 Å². The maximum Gasteiger partial charge on any atom is 0.253 e. The van der Waals surface area contributed by atoms with Crippen molar-refractivity contribution in [3.8, 4) is 0 Å². The number of halogens is 2. The molecule has 1 atom stereocenters. The van der Waals surface area contributed by atoms with E-state index in [1.54, 1.807) is 16.8 Å². The van der Waals surface area contributed by atoms with Crippen LogP contribution in [0.5, 0.6) is 0 Å². The van der Waals surface area contributed by atoms with Gasteiger partial charge in [0.15, 0.2) is 0 Å². The zero-order chi connectivity index (χ0) is 27.6. The number of carbonyl (C=O) groups excluding carboxylic acids is 1. The van der Waals surface area contributed by atoms with Crippen molar-refractivity contribution in [2.45, 2.75) is 30.8 Å². The Labute approximate surface area is 255 Å². The molecule has 200 valence electrons. The molecule has 0 N–H and O–H groups in total. The fraction of sp³-hybridized carbons (Fsp3) is 0.152. The van der Waals surface area contributed by atoms with Gasteiger partial charge < -0.3 is 4.57 Å². The van der Waals surface area contributed by atoms with Gasteiger partial charge in [-0.1, -0.05) is 104 Å². The molecule has 40 heavy (non-hydrogen) atoms. The topological polar surface area (TPSA) is 37.6 Å². The molecular weight excluding hydrogens is 646 g/mol. The van der Waals surface area contributed by atoms with E-state index < -0.39 is 0 Å². The van der Waals surface area contributed by atoms with Crippen LogP contribution in [0, 0.1) is 6.92 Å². The fourth-order valence-corrected chi connectivity index (χ4v) is 6.53. The number of hydrogen-bond acceptors (Lipinski definition) is 3. The number of hydrazone groups is 1. The number of benzene rings is 4. The number of aryl methyl sites for hydroxylation is 1. The Bertz CT molecular complexity index is 1690. The van der Waals surface area contributed by atoms with Crippen molar-refractivity contribution < 1.29 is 4.79 Å². The van der Waals surface area contributed by atoms with Gasteiger partial charge in [0.1, 0.15) is 0 Å². The predicted octanol–water partition coefficient (Wildman–Crippen LogP) is 8.99. The molecule has 0 spiro atoms. The highest BCUT2D eigenvalue weighted by Gasteiger charge is 2.33. The zero-order valence-corrected chi connectivity index (χ0v) is 25.9. The highest BCUT2D eigenvalue weighted by atomic mass is 79.9. The first-order chi connectivity index (χ1) is 19.4. The van der Waals surface area contributed by atoms with E-state index in [0.29, 0.717) is 12.2 Å². The lowest BCUT2D eigenvalue weighted by molar-refractivity contribution is -0.130. The minimum atomic E-state index is -0.119. The minimum Gasteiger partial charge on any atom is -0.342 e. The molecule has 7 heteroatoms. The summed E-state index contributed by atoms with van der Waals surface area (Å²) in [7, 11) is 0. The number of thioether (sulfide) groups is 1. The van der Waals surface area contributed by atoms with Crippen molar-refractivity contribution in [2.24, 2.45) is 5.10 Å². The fourth-order valence-electron chi connectivity index (χ4n) is 5.06. The van der Waals surface area contributed by atoms with E-state index in [4.69, 9.17) is 5.10 Å². The van der Waals surface area contributed by atoms with Crippen LogP contribution in [0.25, 0.3) is 10.9 Å². The highest BCUT2D eigenvalue weighted by molar-refractivity contribution is 9.10. The van der Waals surface area contributed by atoms with Crippen LogP contribution in [0.4, 0.5) is 0 Å². The lowest BCUT2D eigenvalue weighted by Gasteiger charge is -2.22. The largest absolute Gasteiger partial charge is 0.342 e. The van der Waals surface area contributed by atoms with Crippen LogP contribution in [0.3, 0.4) is 0 Å². The highest BCUT2D eigenvalue weighted by Crippen LogP contribution is 2.36. The quantitative estimate of drug-likeness (QED) is 0.162. The van der Waals surface area contributed by atoms with Gasteiger partial charge in [-0.25, -0.2) is 5.01 Å². The smallest absolute Gasteiger partial charge is 0.253 e. The summed E-state index contributed by atoms with van der Waals surface area (Å²) >= 11 is 8.62. The monoisotopic (exact) mass is 671 g/mol. The molecule has 6 rings (SSSR count). The maximum atomic E-state index is 13.7. The van der Waals surface area contributed by atoms with Crippen molar-refractivity contribution in [1.82, 2.24) is 9.58 Å². The molecular formula is C33H27Br2N3OS. The van der Waals surface area contributed by atoms with Gasteiger partial charge in [0.25, 0.3) is 5.91 Å². The van der Waals surface area contributed by atoms with Crippen molar-refractivity contribution in [3.05, 3.63) is 134 Å². The first-order valence-electron chi connectivity index (χ1n) is 13.1. The van der Waals surface area contributed by atoms with Gasteiger partial charge in [-0.3, -0.25) is 4.79 Å². The molecule has 5 aromatic rings. The molecule has 2 heterocycles. The normalized spacial score (nSPS) is 15.0. The van der Waals surface area contributed by atoms with Gasteiger partial charge >= 0.3 is 0 Å². The molecule has 0 saturated carbocycles. The van der Waals surface area contributed by atoms with Gasteiger partial charge in [0.05, 0.1) is 17.5 Å². The van der Waals surface area contributed by atoms with Gasteiger partial charge in [0, 0.05) is 43.9 Å². The van der Waals surface area contributed by atoms with Crippen LogP contribution in [-0.4, -0.2) is 26.9 Å². The van der Waals surface area contributed by atoms with Gasteiger partial charge in [-0.2, -0.15) is 5.10 Å². The summed E-state index contributed by atoms with van der Waals surface area (Å²) < 4.78 is 4.36. The average Bonchev–Trinajstić information content (AvgIpc) is 3.56. The number of para-hydroxylation sites is 1. The Balaban J connectivity index is 1.25. The van der Waals surface area contributed by atoms with Crippen molar-refractivity contribution in [1.29, 1.82) is 0 Å². The Kier molecular flexibility index (Phi) is 7.96. The second-order valence-electron chi connectivity index (χ2n) is 9.98. The Morgan fingerprint density at radius 1 is 0.900 bits per heavy atom. The predicted molar refractivity (Wildman–Crippen MR) is 172 cm³/mol. The summed E-state index contributed by atoms with van der Waals surface area (Å²) in [6.45, 7) is 2.85. The summed E-state index contributed by atoms with van der Waals surface area (Å²) in [6.07, 6.45) is 2.86. The Hall–Kier alpha value is -3.13. The molecule has 1 amide bonds. The zero-order valence-electron chi connectivity index (χ0n) is 21.9. The Morgan fingerprint density at radius 3 is 2.30 bits per heavy atom. The van der Waals surface area contributed by atoms with E-state index in [0.717, 1.165) is 48.1 Å². The lowest BCUT2D eigenvalue weighted by atomic mass is 9.98. The van der Waals surface area contributed by atoms with Crippen LogP contribution in [0.15, 0.2) is 122 Å². The molecule has 1 aliphatic rings. The van der Waals surface area contributed by atoms with E-state index in [-0.39, 0.29) is 11.9 Å². The number of rotatable bonds is 7. The molecule has 4 aromatic carbocycles. The maximum absolute atomic E-state index is 13.7. The van der Waals surface area contributed by atoms with Crippen molar-refractivity contribution in [2.75, 3.05) is 5.75 Å². The molecule has 1 aliphatic heterocycles. The third-order valence-corrected chi connectivity index (χ3v) is 9.26. The van der Waals surface area contributed by atoms with Gasteiger partial charge in [-0.15, -0.1) is 11.8 Å². The summed E-state index contributed by atoms with van der Waals surface area (Å²) in [5.74, 6) is 0.318. The second kappa shape index (κ2) is 11.8. The van der Waals surface area contributed by atoms with Crippen LogP contribution in [0.1, 0.15) is 34.7 Å². The van der Waals surface area contributed by atoms with Crippen LogP contribution < -0.4 is 0 Å². The van der Waals surface area contributed by atoms with Gasteiger partial charge in [0.2, 0.25) is 0 Å². The number of hydrogen-bond donors (Lipinski definition) is 0. The molecule has 0 radical (unpaired) electrons. The second-order valence-corrected chi connectivity index (χ2v) is 12.8. The molecule has 0 aliphatic carbocycles. The molecule has 4 nitrogen and oxygen atoms in total. The van der Waals surface area contributed by atoms with E-state index in [1.807, 2.05) is 12.1 Å². The van der Waals surface area contributed by atoms with E-state index in [2.05, 4.69) is 134 Å². The third kappa shape index (κ3) is 5.82. The van der Waals surface area contributed by atoms with E-state index in [9.17, 15) is 4.79 Å². The molecule has 0 fully saturated rings. The van der Waals surface area contributed by atoms with Crippen molar-refractivity contribution >= 4 is 66.1 Å². The SMILES string of the molecule is Cc1ccc([C@H]2CC(c3ccc(Br)cc3)=NN2C(=O)CSc2cn(Cc3ccc(Br)cc3)c3ccccc23)cc1. The third-order valence-electron chi connectivity index (χ3n) is 7.17.